The third-order valence-electron chi connectivity index (χ3n) is 4.73. The molecule has 9 heteroatoms. The first kappa shape index (κ1) is 19.8. The van der Waals surface area contributed by atoms with Crippen molar-refractivity contribution in [2.45, 2.75) is 56.3 Å². The minimum absolute atomic E-state index is 0.0853. The average Bonchev–Trinajstić information content (AvgIpc) is 3.14. The van der Waals surface area contributed by atoms with Crippen molar-refractivity contribution >= 4 is 27.6 Å². The van der Waals surface area contributed by atoms with Gasteiger partial charge in [-0.2, -0.15) is 0 Å². The number of ether oxygens (including phenoxy) is 1. The molecule has 4 atom stereocenters. The molecule has 2 heterocycles. The Hall–Kier alpha value is -1.97. The van der Waals surface area contributed by atoms with Gasteiger partial charge < -0.3 is 15.2 Å². The third kappa shape index (κ3) is 4.15. The molecular formula is C18H24N2O6S. The molecule has 0 unspecified atom stereocenters. The van der Waals surface area contributed by atoms with Crippen LogP contribution in [-0.4, -0.2) is 43.1 Å². The summed E-state index contributed by atoms with van der Waals surface area (Å²) in [5.74, 6) is -3.04. The second kappa shape index (κ2) is 6.88. The lowest BCUT2D eigenvalue weighted by molar-refractivity contribution is -0.147. The lowest BCUT2D eigenvalue weighted by Gasteiger charge is -2.24. The lowest BCUT2D eigenvalue weighted by Crippen LogP contribution is -2.41. The quantitative estimate of drug-likeness (QED) is 0.695. The smallest absolute Gasteiger partial charge is 0.310 e. The summed E-state index contributed by atoms with van der Waals surface area (Å²) in [7, 11) is -3.67. The normalized spacial score (nSPS) is 27.5. The number of anilines is 1. The Balaban J connectivity index is 1.72. The molecule has 27 heavy (non-hydrogen) atoms. The van der Waals surface area contributed by atoms with Crippen LogP contribution in [0.2, 0.25) is 0 Å². The number of carboxylic acids is 1. The van der Waals surface area contributed by atoms with E-state index in [1.165, 1.54) is 24.3 Å². The summed E-state index contributed by atoms with van der Waals surface area (Å²) in [6, 6.07) is 5.77. The molecule has 2 aliphatic heterocycles. The second-order valence-corrected chi connectivity index (χ2v) is 9.73. The standard InChI is InChI=1S/C18H24N2O6S/c1-18(2,3)20-27(24,25)11-6-4-10(5-7-11)19-16(21)14-12-8-9-13(26-12)15(14)17(22)23/h4-7,12-15,20H,8-9H2,1-3H3,(H,19,21)(H,22,23)/t12-,13-,14+,15-/m0/s1. The molecule has 1 amide bonds. The highest BCUT2D eigenvalue weighted by atomic mass is 32.2. The fourth-order valence-corrected chi connectivity index (χ4v) is 5.15. The number of sulfonamides is 1. The van der Waals surface area contributed by atoms with E-state index in [4.69, 9.17) is 4.74 Å². The fourth-order valence-electron chi connectivity index (χ4n) is 3.73. The van der Waals surface area contributed by atoms with Crippen molar-refractivity contribution in [1.82, 2.24) is 4.72 Å². The van der Waals surface area contributed by atoms with Crippen LogP contribution in [-0.2, 0) is 24.3 Å². The molecule has 1 aromatic carbocycles. The summed E-state index contributed by atoms with van der Waals surface area (Å²) in [6.45, 7) is 5.24. The van der Waals surface area contributed by atoms with Crippen LogP contribution in [0.25, 0.3) is 0 Å². The van der Waals surface area contributed by atoms with Crippen molar-refractivity contribution in [3.05, 3.63) is 24.3 Å². The first-order valence-corrected chi connectivity index (χ1v) is 10.3. The Labute approximate surface area is 158 Å². The Morgan fingerprint density at radius 2 is 1.63 bits per heavy atom. The Kier molecular flexibility index (Phi) is 5.04. The number of amides is 1. The van der Waals surface area contributed by atoms with E-state index < -0.39 is 45.4 Å². The predicted octanol–water partition coefficient (Wildman–Crippen LogP) is 1.58. The van der Waals surface area contributed by atoms with Crippen LogP contribution >= 0.6 is 0 Å². The Morgan fingerprint density at radius 3 is 2.15 bits per heavy atom. The number of rotatable bonds is 5. The molecule has 0 radical (unpaired) electrons. The summed E-state index contributed by atoms with van der Waals surface area (Å²) >= 11 is 0. The van der Waals surface area contributed by atoms with Crippen LogP contribution in [0.5, 0.6) is 0 Å². The topological polar surface area (TPSA) is 122 Å². The van der Waals surface area contributed by atoms with Gasteiger partial charge in [-0.15, -0.1) is 0 Å². The van der Waals surface area contributed by atoms with Gasteiger partial charge in [-0.25, -0.2) is 13.1 Å². The number of benzene rings is 1. The zero-order valence-electron chi connectivity index (χ0n) is 15.4. The number of nitrogens with one attached hydrogen (secondary N) is 2. The van der Waals surface area contributed by atoms with Gasteiger partial charge in [-0.3, -0.25) is 9.59 Å². The molecule has 2 bridgehead atoms. The molecule has 2 fully saturated rings. The number of aliphatic carboxylic acids is 1. The molecule has 0 aromatic heterocycles. The zero-order valence-corrected chi connectivity index (χ0v) is 16.2. The predicted molar refractivity (Wildman–Crippen MR) is 97.7 cm³/mol. The van der Waals surface area contributed by atoms with Crippen LogP contribution in [0.4, 0.5) is 5.69 Å². The monoisotopic (exact) mass is 396 g/mol. The van der Waals surface area contributed by atoms with Crippen molar-refractivity contribution in [2.75, 3.05) is 5.32 Å². The van der Waals surface area contributed by atoms with Crippen molar-refractivity contribution in [3.63, 3.8) is 0 Å². The minimum Gasteiger partial charge on any atom is -0.481 e. The first-order valence-electron chi connectivity index (χ1n) is 8.81. The van der Waals surface area contributed by atoms with E-state index in [9.17, 15) is 23.1 Å². The van der Waals surface area contributed by atoms with Gasteiger partial charge in [0.05, 0.1) is 28.9 Å². The second-order valence-electron chi connectivity index (χ2n) is 8.05. The van der Waals surface area contributed by atoms with E-state index in [0.717, 1.165) is 0 Å². The maximum Gasteiger partial charge on any atom is 0.310 e. The highest BCUT2D eigenvalue weighted by molar-refractivity contribution is 7.89. The van der Waals surface area contributed by atoms with Crippen LogP contribution in [0.3, 0.4) is 0 Å². The molecule has 8 nitrogen and oxygen atoms in total. The number of carboxylic acid groups (broad SMARTS) is 1. The highest BCUT2D eigenvalue weighted by Crippen LogP contribution is 2.44. The van der Waals surface area contributed by atoms with Gasteiger partial charge in [0.15, 0.2) is 0 Å². The fraction of sp³-hybridized carbons (Fsp3) is 0.556. The number of hydrogen-bond donors (Lipinski definition) is 3. The molecule has 0 aliphatic carbocycles. The molecule has 2 aliphatic rings. The van der Waals surface area contributed by atoms with Crippen molar-refractivity contribution in [3.8, 4) is 0 Å². The molecule has 1 aromatic rings. The van der Waals surface area contributed by atoms with Gasteiger partial charge in [-0.1, -0.05) is 0 Å². The SMILES string of the molecule is CC(C)(C)NS(=O)(=O)c1ccc(NC(=O)[C@H]2[C@@H](C(=O)O)[C@@H]3CC[C@@H]2O3)cc1. The number of carbonyl (C=O) groups is 2. The summed E-state index contributed by atoms with van der Waals surface area (Å²) in [5.41, 5.74) is -0.207. The van der Waals surface area contributed by atoms with Crippen LogP contribution in [0.15, 0.2) is 29.2 Å². The summed E-state index contributed by atoms with van der Waals surface area (Å²) in [6.07, 6.45) is 0.520. The molecule has 0 saturated carbocycles. The molecule has 3 N–H and O–H groups in total. The molecule has 0 spiro atoms. The lowest BCUT2D eigenvalue weighted by atomic mass is 9.78. The van der Waals surface area contributed by atoms with Gasteiger partial charge in [0.2, 0.25) is 15.9 Å². The van der Waals surface area contributed by atoms with Crippen molar-refractivity contribution < 1.29 is 27.9 Å². The van der Waals surface area contributed by atoms with Gasteiger partial charge in [0.25, 0.3) is 0 Å². The van der Waals surface area contributed by atoms with Gasteiger partial charge >= 0.3 is 5.97 Å². The van der Waals surface area contributed by atoms with E-state index >= 15 is 0 Å². The zero-order chi connectivity index (χ0) is 20.0. The van der Waals surface area contributed by atoms with Gasteiger partial charge in [-0.05, 0) is 57.9 Å². The third-order valence-corrected chi connectivity index (χ3v) is 6.51. The first-order chi connectivity index (χ1) is 12.5. The van der Waals surface area contributed by atoms with Crippen LogP contribution < -0.4 is 10.0 Å². The molecule has 3 rings (SSSR count). The number of fused-ring (bicyclic) bond motifs is 2. The number of carbonyl (C=O) groups excluding carboxylic acids is 1. The van der Waals surface area contributed by atoms with E-state index in [1.54, 1.807) is 20.8 Å². The van der Waals surface area contributed by atoms with Gasteiger partial charge in [0.1, 0.15) is 0 Å². The largest absolute Gasteiger partial charge is 0.481 e. The van der Waals surface area contributed by atoms with E-state index in [-0.39, 0.29) is 11.0 Å². The minimum atomic E-state index is -3.67. The summed E-state index contributed by atoms with van der Waals surface area (Å²) in [4.78, 5) is 24.2. The molecular weight excluding hydrogens is 372 g/mol. The van der Waals surface area contributed by atoms with E-state index in [0.29, 0.717) is 18.5 Å². The van der Waals surface area contributed by atoms with Crippen LogP contribution in [0, 0.1) is 11.8 Å². The van der Waals surface area contributed by atoms with Crippen molar-refractivity contribution in [2.24, 2.45) is 11.8 Å². The summed E-state index contributed by atoms with van der Waals surface area (Å²) < 4.78 is 32.8. The highest BCUT2D eigenvalue weighted by Gasteiger charge is 2.55. The van der Waals surface area contributed by atoms with Gasteiger partial charge in [0, 0.05) is 11.2 Å². The Morgan fingerprint density at radius 1 is 1.07 bits per heavy atom. The maximum atomic E-state index is 12.6. The van der Waals surface area contributed by atoms with Crippen LogP contribution in [0.1, 0.15) is 33.6 Å². The molecule has 2 saturated heterocycles. The van der Waals surface area contributed by atoms with E-state index in [2.05, 4.69) is 10.0 Å². The average molecular weight is 396 g/mol. The Bertz CT molecular complexity index is 844. The summed E-state index contributed by atoms with van der Waals surface area (Å²) in [5, 5.41) is 12.1. The van der Waals surface area contributed by atoms with Crippen molar-refractivity contribution in [1.29, 1.82) is 0 Å². The maximum absolute atomic E-state index is 12.6. The molecule has 148 valence electrons. The number of hydrogen-bond acceptors (Lipinski definition) is 5. The van der Waals surface area contributed by atoms with E-state index in [1.807, 2.05) is 0 Å².